The summed E-state index contributed by atoms with van der Waals surface area (Å²) in [6.45, 7) is 0. The summed E-state index contributed by atoms with van der Waals surface area (Å²) in [7, 11) is 0. The molecule has 0 aliphatic carbocycles. The van der Waals surface area contributed by atoms with Crippen molar-refractivity contribution in [2.45, 2.75) is 9.92 Å². The molecule has 0 atom stereocenters. The second-order valence-electron chi connectivity index (χ2n) is 2.84. The van der Waals surface area contributed by atoms with Crippen molar-refractivity contribution in [3.63, 3.8) is 0 Å². The third-order valence-electron chi connectivity index (χ3n) is 1.68. The number of benzene rings is 1. The molecule has 1 heterocycles. The number of nitrogen functional groups attached to an aromatic ring is 1. The minimum Gasteiger partial charge on any atom is -0.399 e. The number of hydrogen-bond donors (Lipinski definition) is 1. The first-order valence-corrected chi connectivity index (χ1v) is 5.45. The molecule has 2 N–H and O–H groups in total. The van der Waals surface area contributed by atoms with E-state index in [1.54, 1.807) is 12.3 Å². The van der Waals surface area contributed by atoms with Gasteiger partial charge in [0.15, 0.2) is 0 Å². The Morgan fingerprint density at radius 2 is 2.13 bits per heavy atom. The van der Waals surface area contributed by atoms with Crippen LogP contribution in [0, 0.1) is 0 Å². The zero-order chi connectivity index (χ0) is 10.7. The van der Waals surface area contributed by atoms with Crippen molar-refractivity contribution < 1.29 is 0 Å². The fraction of sp³-hybridized carbons (Fsp3) is 0. The maximum Gasteiger partial charge on any atom is 0.223 e. The summed E-state index contributed by atoms with van der Waals surface area (Å²) in [5.74, 6) is 0. The van der Waals surface area contributed by atoms with Gasteiger partial charge in [-0.3, -0.25) is 0 Å². The fourth-order valence-electron chi connectivity index (χ4n) is 1.08. The van der Waals surface area contributed by atoms with E-state index in [9.17, 15) is 0 Å². The molecule has 15 heavy (non-hydrogen) atoms. The Morgan fingerprint density at radius 1 is 1.27 bits per heavy atom. The molecule has 0 saturated carbocycles. The van der Waals surface area contributed by atoms with Crippen molar-refractivity contribution >= 4 is 29.1 Å². The van der Waals surface area contributed by atoms with Crippen molar-refractivity contribution in [1.82, 2.24) is 9.97 Å². The first-order chi connectivity index (χ1) is 7.24. The van der Waals surface area contributed by atoms with Crippen LogP contribution in [0.1, 0.15) is 0 Å². The summed E-state index contributed by atoms with van der Waals surface area (Å²) in [4.78, 5) is 8.92. The molecule has 5 heteroatoms. The number of hydrogen-bond acceptors (Lipinski definition) is 4. The van der Waals surface area contributed by atoms with E-state index >= 15 is 0 Å². The Hall–Kier alpha value is -1.26. The molecule has 1 aromatic heterocycles. The van der Waals surface area contributed by atoms with Crippen molar-refractivity contribution in [2.24, 2.45) is 0 Å². The second kappa shape index (κ2) is 4.51. The Balaban J connectivity index is 2.22. The molecule has 0 unspecified atom stereocenters. The van der Waals surface area contributed by atoms with Crippen molar-refractivity contribution in [3.8, 4) is 0 Å². The number of nitrogens with zero attached hydrogens (tertiary/aromatic N) is 2. The van der Waals surface area contributed by atoms with Crippen LogP contribution in [-0.2, 0) is 0 Å². The molecule has 0 saturated heterocycles. The highest BCUT2D eigenvalue weighted by molar-refractivity contribution is 7.99. The lowest BCUT2D eigenvalue weighted by molar-refractivity contribution is 1.05. The number of rotatable bonds is 2. The molecular formula is C10H8ClN3S. The van der Waals surface area contributed by atoms with Crippen LogP contribution < -0.4 is 5.73 Å². The lowest BCUT2D eigenvalue weighted by atomic mass is 10.3. The van der Waals surface area contributed by atoms with Gasteiger partial charge in [-0.2, -0.15) is 0 Å². The van der Waals surface area contributed by atoms with Crippen LogP contribution in [0.15, 0.2) is 46.5 Å². The fourth-order valence-corrected chi connectivity index (χ4v) is 2.12. The second-order valence-corrected chi connectivity index (χ2v) is 4.27. The van der Waals surface area contributed by atoms with Crippen molar-refractivity contribution in [2.75, 3.05) is 5.73 Å². The minimum absolute atomic E-state index is 0.254. The lowest BCUT2D eigenvalue weighted by Gasteiger charge is -2.01. The maximum atomic E-state index is 5.68. The van der Waals surface area contributed by atoms with Gasteiger partial charge in [-0.25, -0.2) is 9.97 Å². The van der Waals surface area contributed by atoms with Crippen LogP contribution in [-0.4, -0.2) is 9.97 Å². The van der Waals surface area contributed by atoms with Gasteiger partial charge in [-0.15, -0.1) is 0 Å². The third-order valence-corrected chi connectivity index (χ3v) is 2.79. The molecular weight excluding hydrogens is 230 g/mol. The molecule has 0 bridgehead atoms. The normalized spacial score (nSPS) is 10.2. The Bertz CT molecular complexity index is 432. The Labute approximate surface area is 96.7 Å². The largest absolute Gasteiger partial charge is 0.399 e. The summed E-state index contributed by atoms with van der Waals surface area (Å²) in [6.07, 6.45) is 1.63. The van der Waals surface area contributed by atoms with Gasteiger partial charge < -0.3 is 5.73 Å². The number of aromatic nitrogens is 2. The molecule has 1 aromatic carbocycles. The van der Waals surface area contributed by atoms with Gasteiger partial charge in [-0.1, -0.05) is 17.8 Å². The Kier molecular flexibility index (Phi) is 3.08. The number of halogens is 1. The van der Waals surface area contributed by atoms with E-state index in [0.29, 0.717) is 0 Å². The van der Waals surface area contributed by atoms with E-state index in [4.69, 9.17) is 17.3 Å². The molecule has 3 nitrogen and oxygen atoms in total. The topological polar surface area (TPSA) is 51.8 Å². The van der Waals surface area contributed by atoms with Crippen molar-refractivity contribution in [1.29, 1.82) is 0 Å². The van der Waals surface area contributed by atoms with E-state index in [-0.39, 0.29) is 5.28 Å². The first-order valence-electron chi connectivity index (χ1n) is 4.26. The third kappa shape index (κ3) is 2.84. The highest BCUT2D eigenvalue weighted by Crippen LogP contribution is 2.27. The number of anilines is 1. The summed E-state index contributed by atoms with van der Waals surface area (Å²) in [5.41, 5.74) is 6.41. The molecule has 0 fully saturated rings. The van der Waals surface area contributed by atoms with E-state index in [1.165, 1.54) is 11.8 Å². The van der Waals surface area contributed by atoms with Gasteiger partial charge in [0.1, 0.15) is 5.03 Å². The van der Waals surface area contributed by atoms with Gasteiger partial charge in [0.2, 0.25) is 5.28 Å². The van der Waals surface area contributed by atoms with Gasteiger partial charge >= 0.3 is 0 Å². The summed E-state index contributed by atoms with van der Waals surface area (Å²) in [6, 6.07) is 9.41. The van der Waals surface area contributed by atoms with Crippen LogP contribution in [0.4, 0.5) is 5.69 Å². The Morgan fingerprint density at radius 3 is 2.87 bits per heavy atom. The molecule has 0 amide bonds. The predicted octanol–water partition coefficient (Wildman–Crippen LogP) is 2.86. The zero-order valence-corrected chi connectivity index (χ0v) is 9.29. The molecule has 2 aromatic rings. The van der Waals surface area contributed by atoms with E-state index in [2.05, 4.69) is 9.97 Å². The highest BCUT2D eigenvalue weighted by Gasteiger charge is 2.00. The van der Waals surface area contributed by atoms with Crippen LogP contribution >= 0.6 is 23.4 Å². The standard InChI is InChI=1S/C10H8ClN3S/c11-10-13-5-4-9(14-10)15-8-3-1-2-7(12)6-8/h1-6H,12H2. The van der Waals surface area contributed by atoms with Gasteiger partial charge in [0.05, 0.1) is 0 Å². The maximum absolute atomic E-state index is 5.68. The molecule has 0 aliphatic rings. The van der Waals surface area contributed by atoms with Crippen LogP contribution in [0.25, 0.3) is 0 Å². The predicted molar refractivity (Wildman–Crippen MR) is 62.0 cm³/mol. The SMILES string of the molecule is Nc1cccc(Sc2ccnc(Cl)n2)c1. The van der Waals surface area contributed by atoms with Crippen molar-refractivity contribution in [3.05, 3.63) is 41.8 Å². The molecule has 0 radical (unpaired) electrons. The quantitative estimate of drug-likeness (QED) is 0.496. The summed E-state index contributed by atoms with van der Waals surface area (Å²) >= 11 is 7.18. The lowest BCUT2D eigenvalue weighted by Crippen LogP contribution is -1.86. The van der Waals surface area contributed by atoms with E-state index < -0.39 is 0 Å². The summed E-state index contributed by atoms with van der Waals surface area (Å²) < 4.78 is 0. The van der Waals surface area contributed by atoms with E-state index in [1.807, 2.05) is 24.3 Å². The molecule has 2 rings (SSSR count). The first kappa shape index (κ1) is 10.3. The van der Waals surface area contributed by atoms with Gasteiger partial charge in [-0.05, 0) is 35.9 Å². The average molecular weight is 238 g/mol. The van der Waals surface area contributed by atoms with Crippen LogP contribution in [0.5, 0.6) is 0 Å². The monoisotopic (exact) mass is 237 g/mol. The van der Waals surface area contributed by atoms with Crippen LogP contribution in [0.3, 0.4) is 0 Å². The van der Waals surface area contributed by atoms with E-state index in [0.717, 1.165) is 15.6 Å². The highest BCUT2D eigenvalue weighted by atomic mass is 35.5. The molecule has 0 spiro atoms. The average Bonchev–Trinajstić information content (AvgIpc) is 2.17. The van der Waals surface area contributed by atoms with Gasteiger partial charge in [0, 0.05) is 16.8 Å². The minimum atomic E-state index is 0.254. The smallest absolute Gasteiger partial charge is 0.223 e. The zero-order valence-electron chi connectivity index (χ0n) is 7.72. The number of nitrogens with two attached hydrogens (primary N) is 1. The van der Waals surface area contributed by atoms with Gasteiger partial charge in [0.25, 0.3) is 0 Å². The molecule has 0 aliphatic heterocycles. The van der Waals surface area contributed by atoms with Crippen LogP contribution in [0.2, 0.25) is 5.28 Å². The molecule has 76 valence electrons. The summed E-state index contributed by atoms with van der Waals surface area (Å²) in [5, 5.41) is 1.06.